The number of carbonyl (C=O) groups excluding carboxylic acids is 2. The van der Waals surface area contributed by atoms with Crippen LogP contribution in [0.1, 0.15) is 40.9 Å². The van der Waals surface area contributed by atoms with Crippen molar-refractivity contribution in [1.29, 1.82) is 0 Å². The average Bonchev–Trinajstić information content (AvgIpc) is 3.34. The van der Waals surface area contributed by atoms with E-state index in [1.165, 1.54) is 14.2 Å². The average molecular weight is 402 g/mol. The molecule has 28 heavy (non-hydrogen) atoms. The lowest BCUT2D eigenvalue weighted by Crippen LogP contribution is -2.52. The van der Waals surface area contributed by atoms with E-state index in [4.69, 9.17) is 13.9 Å². The van der Waals surface area contributed by atoms with Gasteiger partial charge in [0.2, 0.25) is 5.91 Å². The molecular weight excluding hydrogens is 380 g/mol. The van der Waals surface area contributed by atoms with Crippen LogP contribution >= 0.6 is 11.8 Å². The van der Waals surface area contributed by atoms with Crippen LogP contribution in [-0.4, -0.2) is 41.7 Å². The third-order valence-electron chi connectivity index (χ3n) is 5.16. The Hall–Kier alpha value is -2.61. The summed E-state index contributed by atoms with van der Waals surface area (Å²) in [6.07, 6.45) is 1.56. The van der Waals surface area contributed by atoms with Crippen molar-refractivity contribution in [2.75, 3.05) is 14.2 Å². The zero-order chi connectivity index (χ0) is 20.1. The van der Waals surface area contributed by atoms with Crippen molar-refractivity contribution in [3.63, 3.8) is 0 Å². The SMILES string of the molecule is COc1ccc2c(c1OC)C(=O)N1C2SC(C)(C)C1C(=O)NCc1ccco1. The van der Waals surface area contributed by atoms with Gasteiger partial charge in [0.25, 0.3) is 5.91 Å². The third kappa shape index (κ3) is 2.74. The molecule has 1 aromatic carbocycles. The number of carbonyl (C=O) groups is 2. The molecular formula is C20H22N2O5S. The molecule has 0 radical (unpaired) electrons. The summed E-state index contributed by atoms with van der Waals surface area (Å²) < 4.78 is 15.6. The fourth-order valence-corrected chi connectivity index (χ4v) is 5.52. The van der Waals surface area contributed by atoms with Gasteiger partial charge in [-0.3, -0.25) is 9.59 Å². The topological polar surface area (TPSA) is 81.0 Å². The van der Waals surface area contributed by atoms with Crippen molar-refractivity contribution in [3.8, 4) is 11.5 Å². The molecule has 2 unspecified atom stereocenters. The number of benzene rings is 1. The molecule has 4 rings (SSSR count). The van der Waals surface area contributed by atoms with Crippen molar-refractivity contribution < 1.29 is 23.5 Å². The molecule has 1 aromatic heterocycles. The molecule has 0 aliphatic carbocycles. The molecule has 7 nitrogen and oxygen atoms in total. The molecule has 148 valence electrons. The predicted octanol–water partition coefficient (Wildman–Crippen LogP) is 2.96. The lowest BCUT2D eigenvalue weighted by molar-refractivity contribution is -0.126. The van der Waals surface area contributed by atoms with Gasteiger partial charge in [0.15, 0.2) is 11.5 Å². The molecule has 2 amide bonds. The Kier molecular flexibility index (Phi) is 4.53. The number of nitrogens with one attached hydrogen (secondary N) is 1. The Bertz CT molecular complexity index is 925. The molecule has 2 aliphatic rings. The van der Waals surface area contributed by atoms with Crippen molar-refractivity contribution in [2.45, 2.75) is 36.6 Å². The van der Waals surface area contributed by atoms with Crippen molar-refractivity contribution >= 4 is 23.6 Å². The van der Waals surface area contributed by atoms with Crippen LogP contribution in [0.4, 0.5) is 0 Å². The molecule has 8 heteroatoms. The van der Waals surface area contributed by atoms with E-state index in [1.54, 1.807) is 41.1 Å². The summed E-state index contributed by atoms with van der Waals surface area (Å²) >= 11 is 1.60. The molecule has 1 fully saturated rings. The first-order chi connectivity index (χ1) is 13.4. The number of hydrogen-bond donors (Lipinski definition) is 1. The zero-order valence-corrected chi connectivity index (χ0v) is 17.0. The first-order valence-corrected chi connectivity index (χ1v) is 9.82. The Labute approximate surface area is 167 Å². The van der Waals surface area contributed by atoms with Gasteiger partial charge in [-0.05, 0) is 32.0 Å². The maximum absolute atomic E-state index is 13.3. The second-order valence-corrected chi connectivity index (χ2v) is 8.99. The monoisotopic (exact) mass is 402 g/mol. The number of rotatable bonds is 5. The number of furan rings is 1. The van der Waals surface area contributed by atoms with Crippen LogP contribution in [0.2, 0.25) is 0 Å². The predicted molar refractivity (Wildman–Crippen MR) is 104 cm³/mol. The second kappa shape index (κ2) is 6.77. The van der Waals surface area contributed by atoms with Gasteiger partial charge in [-0.15, -0.1) is 11.8 Å². The van der Waals surface area contributed by atoms with E-state index in [1.807, 2.05) is 19.9 Å². The van der Waals surface area contributed by atoms with E-state index in [-0.39, 0.29) is 23.7 Å². The van der Waals surface area contributed by atoms with Crippen LogP contribution in [0.25, 0.3) is 0 Å². The van der Waals surface area contributed by atoms with E-state index < -0.39 is 10.8 Å². The molecule has 3 heterocycles. The highest BCUT2D eigenvalue weighted by Gasteiger charge is 2.58. The summed E-state index contributed by atoms with van der Waals surface area (Å²) in [4.78, 5) is 28.1. The third-order valence-corrected chi connectivity index (χ3v) is 6.70. The number of nitrogens with zero attached hydrogens (tertiary/aromatic N) is 1. The number of amides is 2. The highest BCUT2D eigenvalue weighted by molar-refractivity contribution is 8.01. The maximum atomic E-state index is 13.3. The van der Waals surface area contributed by atoms with Gasteiger partial charge in [0.1, 0.15) is 17.2 Å². The van der Waals surface area contributed by atoms with Gasteiger partial charge < -0.3 is 24.1 Å². The molecule has 2 atom stereocenters. The fraction of sp³-hybridized carbons (Fsp3) is 0.400. The van der Waals surface area contributed by atoms with Gasteiger partial charge in [0.05, 0.1) is 32.6 Å². The van der Waals surface area contributed by atoms with Crippen LogP contribution in [-0.2, 0) is 11.3 Å². The van der Waals surface area contributed by atoms with Crippen molar-refractivity contribution in [3.05, 3.63) is 47.4 Å². The molecule has 1 N–H and O–H groups in total. The second-order valence-electron chi connectivity index (χ2n) is 7.25. The summed E-state index contributed by atoms with van der Waals surface area (Å²) in [7, 11) is 3.05. The van der Waals surface area contributed by atoms with Gasteiger partial charge in [-0.2, -0.15) is 0 Å². The van der Waals surface area contributed by atoms with E-state index in [0.717, 1.165) is 5.56 Å². The van der Waals surface area contributed by atoms with Crippen LogP contribution in [0, 0.1) is 0 Å². The van der Waals surface area contributed by atoms with Crippen LogP contribution in [0.3, 0.4) is 0 Å². The first kappa shape index (κ1) is 18.7. The van der Waals surface area contributed by atoms with Crippen molar-refractivity contribution in [1.82, 2.24) is 10.2 Å². The number of ether oxygens (including phenoxy) is 2. The van der Waals surface area contributed by atoms with E-state index in [2.05, 4.69) is 5.32 Å². The minimum atomic E-state index is -0.618. The Balaban J connectivity index is 1.67. The van der Waals surface area contributed by atoms with Crippen LogP contribution in [0.15, 0.2) is 34.9 Å². The fourth-order valence-electron chi connectivity index (χ4n) is 3.94. The standard InChI is InChI=1S/C20H22N2O5S/c1-20(2)16(17(23)21-10-11-6-5-9-27-11)22-18(24)14-12(19(22)28-20)7-8-13(25-3)15(14)26-4/h5-9,16,19H,10H2,1-4H3,(H,21,23). The minimum Gasteiger partial charge on any atom is -0.493 e. The largest absolute Gasteiger partial charge is 0.493 e. The normalized spacial score (nSPS) is 22.0. The smallest absolute Gasteiger partial charge is 0.260 e. The summed E-state index contributed by atoms with van der Waals surface area (Å²) in [6, 6.07) is 6.63. The Morgan fingerprint density at radius 3 is 2.71 bits per heavy atom. The van der Waals surface area contributed by atoms with Gasteiger partial charge >= 0.3 is 0 Å². The van der Waals surface area contributed by atoms with E-state index >= 15 is 0 Å². The molecule has 2 aliphatic heterocycles. The van der Waals surface area contributed by atoms with E-state index in [0.29, 0.717) is 22.8 Å². The quantitative estimate of drug-likeness (QED) is 0.828. The molecule has 2 aromatic rings. The van der Waals surface area contributed by atoms with E-state index in [9.17, 15) is 9.59 Å². The number of thioether (sulfide) groups is 1. The number of fused-ring (bicyclic) bond motifs is 3. The lowest BCUT2D eigenvalue weighted by atomic mass is 10.0. The van der Waals surface area contributed by atoms with Gasteiger partial charge in [-0.25, -0.2) is 0 Å². The molecule has 0 bridgehead atoms. The summed E-state index contributed by atoms with van der Waals surface area (Å²) in [5.74, 6) is 1.15. The lowest BCUT2D eigenvalue weighted by Gasteiger charge is -2.29. The van der Waals surface area contributed by atoms with Crippen LogP contribution < -0.4 is 14.8 Å². The van der Waals surface area contributed by atoms with Crippen LogP contribution in [0.5, 0.6) is 11.5 Å². The first-order valence-electron chi connectivity index (χ1n) is 8.94. The van der Waals surface area contributed by atoms with Gasteiger partial charge in [-0.1, -0.05) is 6.07 Å². The highest BCUT2D eigenvalue weighted by atomic mass is 32.2. The summed E-state index contributed by atoms with van der Waals surface area (Å²) in [5, 5.41) is 2.66. The maximum Gasteiger partial charge on any atom is 0.260 e. The minimum absolute atomic E-state index is 0.205. The Morgan fingerprint density at radius 1 is 1.29 bits per heavy atom. The van der Waals surface area contributed by atoms with Crippen molar-refractivity contribution in [2.24, 2.45) is 0 Å². The zero-order valence-electron chi connectivity index (χ0n) is 16.1. The summed E-state index contributed by atoms with van der Waals surface area (Å²) in [5.41, 5.74) is 1.32. The number of hydrogen-bond acceptors (Lipinski definition) is 6. The highest BCUT2D eigenvalue weighted by Crippen LogP contribution is 2.58. The molecule has 1 saturated heterocycles. The Morgan fingerprint density at radius 2 is 2.07 bits per heavy atom. The summed E-state index contributed by atoms with van der Waals surface area (Å²) in [6.45, 7) is 4.25. The number of methoxy groups -OCH3 is 2. The molecule has 0 spiro atoms. The molecule has 0 saturated carbocycles. The van der Waals surface area contributed by atoms with Gasteiger partial charge in [0, 0.05) is 10.3 Å².